The molecule has 0 atom stereocenters. The Morgan fingerprint density at radius 2 is 2.20 bits per heavy atom. The lowest BCUT2D eigenvalue weighted by Crippen LogP contribution is -1.82. The fourth-order valence-corrected chi connectivity index (χ4v) is 0.676. The van der Waals surface area contributed by atoms with Crippen LogP contribution in [0.1, 0.15) is 5.56 Å². The second-order valence-electron chi connectivity index (χ2n) is 1.99. The first-order chi connectivity index (χ1) is 4.74. The number of aryl methyl sites for hydroxylation is 1. The van der Waals surface area contributed by atoms with Crippen LogP contribution in [0.2, 0.25) is 0 Å². The molecule has 1 N–H and O–H groups in total. The van der Waals surface area contributed by atoms with Gasteiger partial charge in [-0.25, -0.2) is 0 Å². The van der Waals surface area contributed by atoms with E-state index in [0.29, 0.717) is 5.75 Å². The molecule has 1 aromatic rings. The highest BCUT2D eigenvalue weighted by Gasteiger charge is 1.96. The van der Waals surface area contributed by atoms with Crippen molar-refractivity contribution >= 4 is 0 Å². The van der Waals surface area contributed by atoms with Gasteiger partial charge in [0.15, 0.2) is 5.75 Å². The molecule has 2 nitrogen and oxygen atoms in total. The summed E-state index contributed by atoms with van der Waals surface area (Å²) >= 11 is 0. The highest BCUT2D eigenvalue weighted by atomic mass is 16.5. The minimum absolute atomic E-state index is 0.00750. The maximum Gasteiger partial charge on any atom is 0.210 e. The molecule has 0 saturated heterocycles. The van der Waals surface area contributed by atoms with Crippen LogP contribution in [0.15, 0.2) is 6.07 Å². The van der Waals surface area contributed by atoms with Crippen LogP contribution in [0.5, 0.6) is 11.5 Å². The van der Waals surface area contributed by atoms with Crippen molar-refractivity contribution in [3.63, 3.8) is 0 Å². The minimum Gasteiger partial charge on any atom is -0.498 e. The molecular formula is C8H8O2. The third-order valence-corrected chi connectivity index (χ3v) is 1.18. The number of aromatic hydroxyl groups is 1. The summed E-state index contributed by atoms with van der Waals surface area (Å²) in [5.74, 6) is 0.448. The van der Waals surface area contributed by atoms with Crippen molar-refractivity contribution in [1.29, 1.82) is 0 Å². The van der Waals surface area contributed by atoms with E-state index in [4.69, 9.17) is 9.84 Å². The average molecular weight is 136 g/mol. The predicted octanol–water partition coefficient (Wildman–Crippen LogP) is 1.31. The van der Waals surface area contributed by atoms with Gasteiger partial charge in [-0.2, -0.15) is 0 Å². The van der Waals surface area contributed by atoms with Crippen LogP contribution in [-0.2, 0) is 0 Å². The zero-order chi connectivity index (χ0) is 7.56. The van der Waals surface area contributed by atoms with Crippen molar-refractivity contribution in [2.75, 3.05) is 7.11 Å². The van der Waals surface area contributed by atoms with Gasteiger partial charge in [-0.05, 0) is 19.1 Å². The molecule has 0 aromatic heterocycles. The van der Waals surface area contributed by atoms with Crippen molar-refractivity contribution in [3.8, 4) is 11.5 Å². The number of methoxy groups -OCH3 is 1. The van der Waals surface area contributed by atoms with Gasteiger partial charge in [0.25, 0.3) is 0 Å². The average Bonchev–Trinajstić information content (AvgIpc) is 1.94. The highest BCUT2D eigenvalue weighted by Crippen LogP contribution is 2.22. The minimum atomic E-state index is 0.00750. The molecule has 0 aliphatic heterocycles. The third-order valence-electron chi connectivity index (χ3n) is 1.18. The van der Waals surface area contributed by atoms with E-state index >= 15 is 0 Å². The summed E-state index contributed by atoms with van der Waals surface area (Å²) in [6, 6.07) is 6.94. The monoisotopic (exact) mass is 136 g/mol. The van der Waals surface area contributed by atoms with E-state index < -0.39 is 0 Å². The zero-order valence-corrected chi connectivity index (χ0v) is 5.93. The van der Waals surface area contributed by atoms with Gasteiger partial charge < -0.3 is 9.84 Å². The molecule has 1 aromatic carbocycles. The van der Waals surface area contributed by atoms with Crippen molar-refractivity contribution in [1.82, 2.24) is 0 Å². The van der Waals surface area contributed by atoms with Gasteiger partial charge in [0.1, 0.15) is 0 Å². The van der Waals surface area contributed by atoms with E-state index in [-0.39, 0.29) is 5.75 Å². The summed E-state index contributed by atoms with van der Waals surface area (Å²) in [6.45, 7) is 1.86. The van der Waals surface area contributed by atoms with Gasteiger partial charge in [0.2, 0.25) is 5.75 Å². The first-order valence-electron chi connectivity index (χ1n) is 2.91. The largest absolute Gasteiger partial charge is 0.498 e. The molecule has 1 rings (SSSR count). The second-order valence-corrected chi connectivity index (χ2v) is 1.99. The Morgan fingerprint density at radius 3 is 2.70 bits per heavy atom. The molecule has 0 spiro atoms. The smallest absolute Gasteiger partial charge is 0.210 e. The zero-order valence-electron chi connectivity index (χ0n) is 5.93. The molecule has 2 heteroatoms. The lowest BCUT2D eigenvalue weighted by Gasteiger charge is -1.98. The van der Waals surface area contributed by atoms with Crippen LogP contribution in [0, 0.1) is 19.1 Å². The topological polar surface area (TPSA) is 29.5 Å². The van der Waals surface area contributed by atoms with E-state index in [1.165, 1.54) is 7.11 Å². The van der Waals surface area contributed by atoms with Crippen molar-refractivity contribution in [3.05, 3.63) is 23.8 Å². The molecule has 52 valence electrons. The fourth-order valence-electron chi connectivity index (χ4n) is 0.676. The quantitative estimate of drug-likeness (QED) is 0.630. The molecule has 0 aliphatic carbocycles. The third kappa shape index (κ3) is 1.14. The number of ether oxygens (including phenoxy) is 1. The number of hydrogen-bond donors (Lipinski definition) is 1. The van der Waals surface area contributed by atoms with E-state index in [9.17, 15) is 0 Å². The Balaban J connectivity index is 3.09. The number of rotatable bonds is 1. The second kappa shape index (κ2) is 2.49. The molecular weight excluding hydrogens is 128 g/mol. The molecule has 0 unspecified atom stereocenters. The molecule has 10 heavy (non-hydrogen) atoms. The molecule has 0 fully saturated rings. The molecule has 0 heterocycles. The van der Waals surface area contributed by atoms with Gasteiger partial charge in [0.05, 0.1) is 7.11 Å². The molecule has 0 radical (unpaired) electrons. The van der Waals surface area contributed by atoms with Crippen LogP contribution in [0.3, 0.4) is 0 Å². The van der Waals surface area contributed by atoms with E-state index in [1.54, 1.807) is 6.07 Å². The van der Waals surface area contributed by atoms with Gasteiger partial charge in [-0.3, -0.25) is 0 Å². The Kier molecular flexibility index (Phi) is 1.68. The van der Waals surface area contributed by atoms with Crippen LogP contribution in [0.25, 0.3) is 0 Å². The fraction of sp³-hybridized carbons (Fsp3) is 0.250. The van der Waals surface area contributed by atoms with Crippen LogP contribution in [-0.4, -0.2) is 12.2 Å². The summed E-state index contributed by atoms with van der Waals surface area (Å²) < 4.78 is 4.82. The first-order valence-corrected chi connectivity index (χ1v) is 2.91. The number of hydrogen-bond acceptors (Lipinski definition) is 2. The first kappa shape index (κ1) is 6.76. The summed E-state index contributed by atoms with van der Waals surface area (Å²) in [6.07, 6.45) is 0. The SMILES string of the molecule is COc1cc(C)c#cc1O. The van der Waals surface area contributed by atoms with Gasteiger partial charge in [0, 0.05) is 5.56 Å². The molecule has 0 amide bonds. The summed E-state index contributed by atoms with van der Waals surface area (Å²) in [4.78, 5) is 0. The van der Waals surface area contributed by atoms with E-state index in [2.05, 4.69) is 12.1 Å². The Bertz CT molecular complexity index is 231. The Morgan fingerprint density at radius 1 is 1.50 bits per heavy atom. The molecule has 0 bridgehead atoms. The van der Waals surface area contributed by atoms with Crippen LogP contribution >= 0.6 is 0 Å². The summed E-state index contributed by atoms with van der Waals surface area (Å²) in [5, 5.41) is 9.02. The predicted molar refractivity (Wildman–Crippen MR) is 37.1 cm³/mol. The maximum atomic E-state index is 9.02. The lowest BCUT2D eigenvalue weighted by atomic mass is 10.3. The summed E-state index contributed by atoms with van der Waals surface area (Å²) in [5.41, 5.74) is 0.898. The van der Waals surface area contributed by atoms with E-state index in [0.717, 1.165) is 5.56 Å². The maximum absolute atomic E-state index is 9.02. The summed E-state index contributed by atoms with van der Waals surface area (Å²) in [7, 11) is 1.50. The highest BCUT2D eigenvalue weighted by molar-refractivity contribution is 5.36. The standard InChI is InChI=1S/C8H8O2/c1-6-3-4-7(9)8(5-6)10-2/h5,9H,1-2H3. The Hall–Kier alpha value is -1.36. The van der Waals surface area contributed by atoms with Crippen molar-refractivity contribution in [2.24, 2.45) is 0 Å². The Labute approximate surface area is 60.1 Å². The lowest BCUT2D eigenvalue weighted by molar-refractivity contribution is 0.373. The van der Waals surface area contributed by atoms with E-state index in [1.807, 2.05) is 6.92 Å². The van der Waals surface area contributed by atoms with Crippen molar-refractivity contribution in [2.45, 2.75) is 6.92 Å². The molecule has 0 saturated carbocycles. The molecule has 0 aliphatic rings. The van der Waals surface area contributed by atoms with Gasteiger partial charge in [-0.1, -0.05) is 6.07 Å². The normalized spacial score (nSPS) is 8.60. The van der Waals surface area contributed by atoms with Gasteiger partial charge >= 0.3 is 0 Å². The van der Waals surface area contributed by atoms with Crippen LogP contribution < -0.4 is 4.74 Å². The van der Waals surface area contributed by atoms with Gasteiger partial charge in [-0.15, -0.1) is 0 Å². The van der Waals surface area contributed by atoms with Crippen molar-refractivity contribution < 1.29 is 9.84 Å². The van der Waals surface area contributed by atoms with Crippen LogP contribution in [0.4, 0.5) is 0 Å².